The molecule has 2 heteroatoms. The van der Waals surface area contributed by atoms with Gasteiger partial charge in [0.05, 0.1) is 6.10 Å². The molecule has 2 rings (SSSR count). The minimum Gasteiger partial charge on any atom is -0.490 e. The Labute approximate surface area is 117 Å². The van der Waals surface area contributed by atoms with Crippen LogP contribution in [-0.2, 0) is 0 Å². The van der Waals surface area contributed by atoms with Gasteiger partial charge in [0.1, 0.15) is 5.75 Å². The van der Waals surface area contributed by atoms with Crippen LogP contribution in [0.25, 0.3) is 0 Å². The molecule has 0 saturated heterocycles. The minimum absolute atomic E-state index is 0.0850. The SMILES string of the molecule is CCC1CCCC(Oc2ccccc2[C@H](N)CC)C1. The van der Waals surface area contributed by atoms with Crippen LogP contribution >= 0.6 is 0 Å². The molecule has 2 N–H and O–H groups in total. The Morgan fingerprint density at radius 1 is 1.26 bits per heavy atom. The van der Waals surface area contributed by atoms with Crippen molar-refractivity contribution in [1.29, 1.82) is 0 Å². The lowest BCUT2D eigenvalue weighted by atomic mass is 9.85. The molecule has 106 valence electrons. The van der Waals surface area contributed by atoms with Crippen LogP contribution in [0.4, 0.5) is 0 Å². The molecular weight excluding hydrogens is 234 g/mol. The van der Waals surface area contributed by atoms with E-state index in [0.717, 1.165) is 23.7 Å². The summed E-state index contributed by atoms with van der Waals surface area (Å²) in [7, 11) is 0. The number of hydrogen-bond donors (Lipinski definition) is 1. The van der Waals surface area contributed by atoms with Crippen LogP contribution in [-0.4, -0.2) is 6.10 Å². The third kappa shape index (κ3) is 3.73. The zero-order valence-corrected chi connectivity index (χ0v) is 12.3. The summed E-state index contributed by atoms with van der Waals surface area (Å²) in [4.78, 5) is 0. The van der Waals surface area contributed by atoms with Crippen LogP contribution in [0.2, 0.25) is 0 Å². The predicted molar refractivity (Wildman–Crippen MR) is 80.3 cm³/mol. The summed E-state index contributed by atoms with van der Waals surface area (Å²) in [6, 6.07) is 8.35. The van der Waals surface area contributed by atoms with E-state index in [1.54, 1.807) is 0 Å². The number of ether oxygens (including phenoxy) is 1. The summed E-state index contributed by atoms with van der Waals surface area (Å²) in [5.74, 6) is 1.84. The maximum absolute atomic E-state index is 6.26. The van der Waals surface area contributed by atoms with Crippen LogP contribution in [0.3, 0.4) is 0 Å². The van der Waals surface area contributed by atoms with E-state index in [-0.39, 0.29) is 6.04 Å². The molecule has 3 atom stereocenters. The Balaban J connectivity index is 2.06. The molecule has 1 aromatic rings. The van der Waals surface area contributed by atoms with Gasteiger partial charge in [-0.3, -0.25) is 0 Å². The Kier molecular flexibility index (Phi) is 5.26. The summed E-state index contributed by atoms with van der Waals surface area (Å²) < 4.78 is 6.26. The smallest absolute Gasteiger partial charge is 0.124 e. The van der Waals surface area contributed by atoms with E-state index in [9.17, 15) is 0 Å². The third-order valence-electron chi connectivity index (χ3n) is 4.36. The Hall–Kier alpha value is -1.02. The van der Waals surface area contributed by atoms with E-state index < -0.39 is 0 Å². The van der Waals surface area contributed by atoms with E-state index in [1.807, 2.05) is 12.1 Å². The first-order valence-electron chi connectivity index (χ1n) is 7.75. The van der Waals surface area contributed by atoms with Crippen molar-refractivity contribution in [2.45, 2.75) is 64.5 Å². The fraction of sp³-hybridized carbons (Fsp3) is 0.647. The Morgan fingerprint density at radius 2 is 2.05 bits per heavy atom. The summed E-state index contributed by atoms with van der Waals surface area (Å²) in [5.41, 5.74) is 7.33. The van der Waals surface area contributed by atoms with Crippen LogP contribution in [0, 0.1) is 5.92 Å². The number of nitrogens with two attached hydrogens (primary N) is 1. The van der Waals surface area contributed by atoms with Gasteiger partial charge in [-0.25, -0.2) is 0 Å². The summed E-state index contributed by atoms with van der Waals surface area (Å²) in [6.45, 7) is 4.41. The highest BCUT2D eigenvalue weighted by Crippen LogP contribution is 2.32. The molecule has 1 aliphatic carbocycles. The molecule has 2 unspecified atom stereocenters. The second kappa shape index (κ2) is 6.95. The van der Waals surface area contributed by atoms with Crippen molar-refractivity contribution in [2.75, 3.05) is 0 Å². The van der Waals surface area contributed by atoms with Gasteiger partial charge in [-0.15, -0.1) is 0 Å². The van der Waals surface area contributed by atoms with Crippen molar-refractivity contribution in [3.8, 4) is 5.75 Å². The molecule has 0 amide bonds. The molecule has 19 heavy (non-hydrogen) atoms. The topological polar surface area (TPSA) is 35.2 Å². The molecule has 1 saturated carbocycles. The van der Waals surface area contributed by atoms with Gasteiger partial charge in [0.2, 0.25) is 0 Å². The van der Waals surface area contributed by atoms with E-state index in [4.69, 9.17) is 10.5 Å². The highest BCUT2D eigenvalue weighted by atomic mass is 16.5. The van der Waals surface area contributed by atoms with Gasteiger partial charge < -0.3 is 10.5 Å². The third-order valence-corrected chi connectivity index (χ3v) is 4.36. The van der Waals surface area contributed by atoms with Crippen LogP contribution in [0.15, 0.2) is 24.3 Å². The van der Waals surface area contributed by atoms with Crippen molar-refractivity contribution >= 4 is 0 Å². The van der Waals surface area contributed by atoms with Crippen LogP contribution in [0.1, 0.15) is 64.0 Å². The van der Waals surface area contributed by atoms with Gasteiger partial charge in [-0.1, -0.05) is 44.9 Å². The van der Waals surface area contributed by atoms with Gasteiger partial charge >= 0.3 is 0 Å². The second-order valence-electron chi connectivity index (χ2n) is 5.73. The van der Waals surface area contributed by atoms with E-state index in [1.165, 1.54) is 32.1 Å². The first kappa shape index (κ1) is 14.4. The first-order chi connectivity index (χ1) is 9.24. The molecular formula is C17H27NO. The molecule has 1 aliphatic rings. The standard InChI is InChI=1S/C17H27NO/c1-3-13-8-7-9-14(12-13)19-17-11-6-5-10-15(17)16(18)4-2/h5-6,10-11,13-14,16H,3-4,7-9,12,18H2,1-2H3/t13?,14?,16-/m1/s1. The zero-order valence-electron chi connectivity index (χ0n) is 12.3. The zero-order chi connectivity index (χ0) is 13.7. The molecule has 0 bridgehead atoms. The van der Waals surface area contributed by atoms with Crippen molar-refractivity contribution in [1.82, 2.24) is 0 Å². The van der Waals surface area contributed by atoms with Crippen molar-refractivity contribution in [3.63, 3.8) is 0 Å². The lowest BCUT2D eigenvalue weighted by molar-refractivity contribution is 0.120. The Bertz CT molecular complexity index is 391. The molecule has 2 nitrogen and oxygen atoms in total. The summed E-state index contributed by atoms with van der Waals surface area (Å²) in [6.07, 6.45) is 7.65. The fourth-order valence-electron chi connectivity index (χ4n) is 3.01. The molecule has 0 spiro atoms. The molecule has 0 heterocycles. The number of benzene rings is 1. The minimum atomic E-state index is 0.0850. The fourth-order valence-corrected chi connectivity index (χ4v) is 3.01. The predicted octanol–water partition coefficient (Wildman–Crippen LogP) is 4.44. The Morgan fingerprint density at radius 3 is 2.79 bits per heavy atom. The number of para-hydroxylation sites is 1. The van der Waals surface area contributed by atoms with Crippen molar-refractivity contribution in [3.05, 3.63) is 29.8 Å². The monoisotopic (exact) mass is 261 g/mol. The van der Waals surface area contributed by atoms with Gasteiger partial charge in [0.25, 0.3) is 0 Å². The average molecular weight is 261 g/mol. The van der Waals surface area contributed by atoms with E-state index >= 15 is 0 Å². The van der Waals surface area contributed by atoms with Crippen molar-refractivity contribution in [2.24, 2.45) is 11.7 Å². The van der Waals surface area contributed by atoms with Crippen LogP contribution in [0.5, 0.6) is 5.75 Å². The van der Waals surface area contributed by atoms with E-state index in [2.05, 4.69) is 26.0 Å². The molecule has 0 radical (unpaired) electrons. The van der Waals surface area contributed by atoms with Gasteiger partial charge in [-0.05, 0) is 37.7 Å². The second-order valence-corrected chi connectivity index (χ2v) is 5.73. The number of rotatable bonds is 5. The van der Waals surface area contributed by atoms with Crippen LogP contribution < -0.4 is 10.5 Å². The average Bonchev–Trinajstić information content (AvgIpc) is 2.47. The maximum Gasteiger partial charge on any atom is 0.124 e. The van der Waals surface area contributed by atoms with Gasteiger partial charge in [0.15, 0.2) is 0 Å². The molecule has 1 fully saturated rings. The maximum atomic E-state index is 6.26. The molecule has 0 aliphatic heterocycles. The normalized spacial score (nSPS) is 25.0. The van der Waals surface area contributed by atoms with E-state index in [0.29, 0.717) is 6.10 Å². The van der Waals surface area contributed by atoms with Gasteiger partial charge in [0, 0.05) is 11.6 Å². The first-order valence-corrected chi connectivity index (χ1v) is 7.75. The number of hydrogen-bond acceptors (Lipinski definition) is 2. The lowest BCUT2D eigenvalue weighted by Crippen LogP contribution is -2.26. The summed E-state index contributed by atoms with van der Waals surface area (Å²) in [5, 5.41) is 0. The largest absolute Gasteiger partial charge is 0.490 e. The highest BCUT2D eigenvalue weighted by molar-refractivity contribution is 5.35. The highest BCUT2D eigenvalue weighted by Gasteiger charge is 2.23. The van der Waals surface area contributed by atoms with Crippen molar-refractivity contribution < 1.29 is 4.74 Å². The lowest BCUT2D eigenvalue weighted by Gasteiger charge is -2.30. The molecule has 1 aromatic carbocycles. The summed E-state index contributed by atoms with van der Waals surface area (Å²) >= 11 is 0. The quantitative estimate of drug-likeness (QED) is 0.850. The van der Waals surface area contributed by atoms with Gasteiger partial charge in [-0.2, -0.15) is 0 Å². The molecule has 0 aromatic heterocycles.